The molecule has 0 aromatic heterocycles. The third-order valence-electron chi connectivity index (χ3n) is 6.54. The summed E-state index contributed by atoms with van der Waals surface area (Å²) in [4.78, 5) is 51.4. The number of phenols is 2. The first-order valence-electron chi connectivity index (χ1n) is 13.7. The molecule has 12 nitrogen and oxygen atoms in total. The number of hydrogen-bond acceptors (Lipinski definition) is 9. The molecule has 0 aliphatic carbocycles. The summed E-state index contributed by atoms with van der Waals surface area (Å²) in [7, 11) is 0. The number of carbonyl (C=O) groups excluding carboxylic acids is 3. The number of carbonyl (C=O) groups is 4. The van der Waals surface area contributed by atoms with E-state index in [4.69, 9.17) is 11.5 Å². The lowest BCUT2D eigenvalue weighted by Crippen LogP contribution is -2.57. The zero-order valence-corrected chi connectivity index (χ0v) is 24.4. The first-order chi connectivity index (χ1) is 20.0. The molecule has 4 atom stereocenters. The highest BCUT2D eigenvalue weighted by atomic mass is 32.2. The molecule has 3 amide bonds. The number of nitrogens with one attached hydrogen (secondary N) is 3. The molecule has 0 saturated heterocycles. The number of rotatable bonds is 18. The Hall–Kier alpha value is -3.81. The van der Waals surface area contributed by atoms with Gasteiger partial charge in [-0.2, -0.15) is 11.8 Å². The van der Waals surface area contributed by atoms with Crippen LogP contribution >= 0.6 is 11.8 Å². The van der Waals surface area contributed by atoms with Gasteiger partial charge in [-0.1, -0.05) is 24.3 Å². The van der Waals surface area contributed by atoms with Gasteiger partial charge in [0, 0.05) is 6.42 Å². The molecule has 0 bridgehead atoms. The summed E-state index contributed by atoms with van der Waals surface area (Å²) in [5.41, 5.74) is 13.0. The Morgan fingerprint density at radius 3 is 1.71 bits per heavy atom. The monoisotopic (exact) mass is 603 g/mol. The molecule has 2 aromatic rings. The quantitative estimate of drug-likeness (QED) is 0.111. The van der Waals surface area contributed by atoms with E-state index in [1.807, 2.05) is 6.26 Å². The Labute approximate surface area is 249 Å². The molecule has 2 aromatic carbocycles. The Morgan fingerprint density at radius 1 is 0.738 bits per heavy atom. The number of carboxylic acid groups (broad SMARTS) is 1. The number of benzene rings is 2. The minimum absolute atomic E-state index is 0.0265. The molecular weight excluding hydrogens is 562 g/mol. The third kappa shape index (κ3) is 12.0. The molecule has 13 heteroatoms. The van der Waals surface area contributed by atoms with Crippen LogP contribution in [0.2, 0.25) is 0 Å². The molecule has 42 heavy (non-hydrogen) atoms. The van der Waals surface area contributed by atoms with Crippen LogP contribution in [-0.2, 0) is 32.0 Å². The topological polar surface area (TPSA) is 217 Å². The smallest absolute Gasteiger partial charge is 0.326 e. The predicted octanol–water partition coefficient (Wildman–Crippen LogP) is 0.631. The van der Waals surface area contributed by atoms with Crippen molar-refractivity contribution in [1.29, 1.82) is 0 Å². The summed E-state index contributed by atoms with van der Waals surface area (Å²) in [5.74, 6) is -2.44. The van der Waals surface area contributed by atoms with Gasteiger partial charge >= 0.3 is 5.97 Å². The molecule has 230 valence electrons. The minimum Gasteiger partial charge on any atom is -0.508 e. The first-order valence-corrected chi connectivity index (χ1v) is 15.1. The summed E-state index contributed by atoms with van der Waals surface area (Å²) in [6, 6.07) is 7.96. The Kier molecular flexibility index (Phi) is 14.6. The van der Waals surface area contributed by atoms with Crippen molar-refractivity contribution in [3.8, 4) is 11.5 Å². The van der Waals surface area contributed by atoms with Crippen LogP contribution in [0.25, 0.3) is 0 Å². The van der Waals surface area contributed by atoms with Crippen LogP contribution in [0.5, 0.6) is 11.5 Å². The van der Waals surface area contributed by atoms with Crippen LogP contribution in [0.3, 0.4) is 0 Å². The second kappa shape index (κ2) is 17.9. The number of thioether (sulfide) groups is 1. The van der Waals surface area contributed by atoms with E-state index in [1.54, 1.807) is 24.3 Å². The number of nitrogens with two attached hydrogens (primary N) is 2. The fourth-order valence-electron chi connectivity index (χ4n) is 4.14. The van der Waals surface area contributed by atoms with Crippen LogP contribution in [0.15, 0.2) is 48.5 Å². The zero-order chi connectivity index (χ0) is 31.1. The number of aromatic hydroxyl groups is 2. The highest BCUT2D eigenvalue weighted by molar-refractivity contribution is 7.98. The predicted molar refractivity (Wildman–Crippen MR) is 161 cm³/mol. The van der Waals surface area contributed by atoms with Gasteiger partial charge in [0.2, 0.25) is 17.7 Å². The molecule has 0 heterocycles. The lowest BCUT2D eigenvalue weighted by Gasteiger charge is -2.25. The molecule has 2 rings (SSSR count). The maximum absolute atomic E-state index is 13.4. The molecule has 0 saturated carbocycles. The molecule has 0 fully saturated rings. The molecule has 0 spiro atoms. The van der Waals surface area contributed by atoms with Gasteiger partial charge in [0.15, 0.2) is 0 Å². The van der Waals surface area contributed by atoms with E-state index in [1.165, 1.54) is 36.0 Å². The van der Waals surface area contributed by atoms with E-state index >= 15 is 0 Å². The van der Waals surface area contributed by atoms with Crippen LogP contribution in [0.4, 0.5) is 0 Å². The average molecular weight is 604 g/mol. The van der Waals surface area contributed by atoms with Crippen LogP contribution in [0, 0.1) is 0 Å². The summed E-state index contributed by atoms with van der Waals surface area (Å²) < 4.78 is 0. The summed E-state index contributed by atoms with van der Waals surface area (Å²) >= 11 is 1.46. The van der Waals surface area contributed by atoms with Crippen LogP contribution in [-0.4, -0.2) is 81.7 Å². The van der Waals surface area contributed by atoms with Gasteiger partial charge < -0.3 is 42.7 Å². The summed E-state index contributed by atoms with van der Waals surface area (Å²) in [6.45, 7) is 0.402. The maximum Gasteiger partial charge on any atom is 0.326 e. The minimum atomic E-state index is -1.27. The van der Waals surface area contributed by atoms with Gasteiger partial charge in [-0.05, 0) is 86.0 Å². The van der Waals surface area contributed by atoms with Crippen LogP contribution in [0.1, 0.15) is 36.8 Å². The lowest BCUT2D eigenvalue weighted by atomic mass is 10.0. The van der Waals surface area contributed by atoms with Gasteiger partial charge in [-0.25, -0.2) is 4.79 Å². The molecule has 0 aliphatic heterocycles. The second-order valence-electron chi connectivity index (χ2n) is 9.94. The van der Waals surface area contributed by atoms with E-state index < -0.39 is 47.9 Å². The molecule has 4 unspecified atom stereocenters. The largest absolute Gasteiger partial charge is 0.508 e. The van der Waals surface area contributed by atoms with Crippen molar-refractivity contribution in [2.24, 2.45) is 11.5 Å². The number of unbranched alkanes of at least 4 members (excludes halogenated alkanes) is 1. The molecule has 0 radical (unpaired) electrons. The number of aliphatic carboxylic acids is 1. The first kappa shape index (κ1) is 34.4. The lowest BCUT2D eigenvalue weighted by molar-refractivity contribution is -0.142. The number of carboxylic acids is 1. The van der Waals surface area contributed by atoms with Gasteiger partial charge in [-0.15, -0.1) is 0 Å². The van der Waals surface area contributed by atoms with Crippen molar-refractivity contribution in [3.63, 3.8) is 0 Å². The van der Waals surface area contributed by atoms with E-state index in [2.05, 4.69) is 16.0 Å². The Balaban J connectivity index is 2.12. The molecular formula is C29H41N5O7S. The maximum atomic E-state index is 13.4. The average Bonchev–Trinajstić information content (AvgIpc) is 2.96. The fraction of sp³-hybridized carbons (Fsp3) is 0.448. The Morgan fingerprint density at radius 2 is 1.21 bits per heavy atom. The van der Waals surface area contributed by atoms with Crippen molar-refractivity contribution in [2.75, 3.05) is 18.6 Å². The number of hydrogen-bond donors (Lipinski definition) is 8. The van der Waals surface area contributed by atoms with Gasteiger partial charge in [0.05, 0.1) is 6.04 Å². The van der Waals surface area contributed by atoms with Gasteiger partial charge in [0.25, 0.3) is 0 Å². The van der Waals surface area contributed by atoms with Crippen molar-refractivity contribution in [1.82, 2.24) is 16.0 Å². The third-order valence-corrected chi connectivity index (χ3v) is 7.19. The highest BCUT2D eigenvalue weighted by Crippen LogP contribution is 2.13. The summed E-state index contributed by atoms with van der Waals surface area (Å²) in [6.07, 6.45) is 3.64. The van der Waals surface area contributed by atoms with Crippen molar-refractivity contribution in [2.45, 2.75) is 62.7 Å². The van der Waals surface area contributed by atoms with E-state index in [0.717, 1.165) is 5.56 Å². The van der Waals surface area contributed by atoms with Crippen molar-refractivity contribution < 1.29 is 34.5 Å². The van der Waals surface area contributed by atoms with Gasteiger partial charge in [0.1, 0.15) is 29.6 Å². The normalized spacial score (nSPS) is 13.8. The summed E-state index contributed by atoms with van der Waals surface area (Å²) in [5, 5.41) is 36.6. The number of amides is 3. The highest BCUT2D eigenvalue weighted by Gasteiger charge is 2.30. The fourth-order valence-corrected chi connectivity index (χ4v) is 4.61. The Bertz CT molecular complexity index is 1160. The molecule has 10 N–H and O–H groups in total. The van der Waals surface area contributed by atoms with Crippen LogP contribution < -0.4 is 27.4 Å². The van der Waals surface area contributed by atoms with E-state index in [-0.39, 0.29) is 37.2 Å². The van der Waals surface area contributed by atoms with E-state index in [9.17, 15) is 34.5 Å². The van der Waals surface area contributed by atoms with E-state index in [0.29, 0.717) is 30.7 Å². The van der Waals surface area contributed by atoms with Crippen molar-refractivity contribution >= 4 is 35.5 Å². The zero-order valence-electron chi connectivity index (χ0n) is 23.6. The standard InChI is InChI=1S/C29H41N5O7S/c1-42-15-13-24(28(39)34-25(29(40)41)17-19-7-11-21(36)12-8-19)33-27(38)23(4-2-3-14-30)32-26(37)22(31)16-18-5-9-20(35)10-6-18/h5-12,22-25,35-36H,2-4,13-17,30-31H2,1H3,(H,32,37)(H,33,38)(H,34,39)(H,40,41). The van der Waals surface area contributed by atoms with Crippen molar-refractivity contribution in [3.05, 3.63) is 59.7 Å². The number of phenolic OH excluding ortho intramolecular Hbond substituents is 2. The molecule has 0 aliphatic rings. The SMILES string of the molecule is CSCCC(NC(=O)C(CCCCN)NC(=O)C(N)Cc1ccc(O)cc1)C(=O)NC(Cc1ccc(O)cc1)C(=O)O. The second-order valence-corrected chi connectivity index (χ2v) is 10.9. The van der Waals surface area contributed by atoms with Gasteiger partial charge in [-0.3, -0.25) is 14.4 Å².